The Kier molecular flexibility index (Phi) is 2.34. The Balaban J connectivity index is 0.000000845. The van der Waals surface area contributed by atoms with E-state index < -0.39 is 5.97 Å². The molecule has 4 nitrogen and oxygen atoms in total. The fraction of sp³-hybridized carbons (Fsp3) is 0. The summed E-state index contributed by atoms with van der Waals surface area (Å²) in [6.07, 6.45) is 1.79. The number of carboxylic acids is 1. The molecule has 0 spiro atoms. The minimum Gasteiger partial charge on any atom is -0.478 e. The minimum atomic E-state index is -0.891. The third-order valence-electron chi connectivity index (χ3n) is 1.80. The van der Waals surface area contributed by atoms with Crippen LogP contribution in [-0.2, 0) is 0 Å². The highest BCUT2D eigenvalue weighted by molar-refractivity contribution is 5.93. The van der Waals surface area contributed by atoms with Crippen molar-refractivity contribution in [2.45, 2.75) is 0 Å². The zero-order chi connectivity index (χ0) is 8.55. The first-order valence-electron chi connectivity index (χ1n) is 3.58. The number of carbonyl (C=O) groups is 1. The van der Waals surface area contributed by atoms with Gasteiger partial charge in [-0.05, 0) is 24.3 Å². The molecule has 1 aromatic heterocycles. The lowest BCUT2D eigenvalue weighted by Crippen LogP contribution is -1.94. The van der Waals surface area contributed by atoms with Crippen molar-refractivity contribution in [3.05, 3.63) is 36.0 Å². The van der Waals surface area contributed by atoms with Crippen LogP contribution in [0.1, 0.15) is 10.4 Å². The van der Waals surface area contributed by atoms with Crippen LogP contribution >= 0.6 is 0 Å². The number of benzene rings is 1. The van der Waals surface area contributed by atoms with E-state index in [1.807, 2.05) is 6.07 Å². The quantitative estimate of drug-likeness (QED) is 0.685. The summed E-state index contributed by atoms with van der Waals surface area (Å²) in [7, 11) is 0. The van der Waals surface area contributed by atoms with E-state index in [2.05, 4.69) is 4.98 Å². The van der Waals surface area contributed by atoms with Crippen LogP contribution in [-0.4, -0.2) is 21.5 Å². The number of aromatic nitrogens is 1. The number of rotatable bonds is 1. The number of aromatic amines is 1. The van der Waals surface area contributed by atoms with Crippen LogP contribution in [0, 0.1) is 0 Å². The van der Waals surface area contributed by atoms with Gasteiger partial charge in [0, 0.05) is 17.1 Å². The molecule has 0 aliphatic carbocycles. The van der Waals surface area contributed by atoms with Gasteiger partial charge in [0.05, 0.1) is 5.56 Å². The van der Waals surface area contributed by atoms with Crippen molar-refractivity contribution in [1.82, 2.24) is 4.98 Å². The lowest BCUT2D eigenvalue weighted by molar-refractivity contribution is 0.0697. The van der Waals surface area contributed by atoms with Gasteiger partial charge in [0.25, 0.3) is 0 Å². The molecule has 0 unspecified atom stereocenters. The summed E-state index contributed by atoms with van der Waals surface area (Å²) < 4.78 is 0. The first-order valence-corrected chi connectivity index (χ1v) is 3.58. The summed E-state index contributed by atoms with van der Waals surface area (Å²) in [4.78, 5) is 13.5. The molecule has 1 heterocycles. The molecule has 68 valence electrons. The van der Waals surface area contributed by atoms with E-state index in [0.717, 1.165) is 10.9 Å². The van der Waals surface area contributed by atoms with Crippen LogP contribution in [0.2, 0.25) is 0 Å². The van der Waals surface area contributed by atoms with Crippen molar-refractivity contribution >= 4 is 16.9 Å². The Bertz CT molecular complexity index is 433. The average Bonchev–Trinajstić information content (AvgIpc) is 2.49. The second kappa shape index (κ2) is 3.28. The molecule has 0 aliphatic rings. The average molecular weight is 179 g/mol. The second-order valence-electron chi connectivity index (χ2n) is 2.58. The molecule has 13 heavy (non-hydrogen) atoms. The van der Waals surface area contributed by atoms with Gasteiger partial charge < -0.3 is 15.6 Å². The molecular weight excluding hydrogens is 170 g/mol. The fourth-order valence-electron chi connectivity index (χ4n) is 1.19. The van der Waals surface area contributed by atoms with Crippen molar-refractivity contribution in [2.24, 2.45) is 0 Å². The van der Waals surface area contributed by atoms with Gasteiger partial charge in [-0.1, -0.05) is 0 Å². The zero-order valence-corrected chi connectivity index (χ0v) is 6.74. The van der Waals surface area contributed by atoms with Gasteiger partial charge in [-0.2, -0.15) is 0 Å². The standard InChI is InChI=1S/C9H7NO2.H2O/c11-9(12)7-1-2-8-6(5-7)3-4-10-8;/h1-5,10H,(H,11,12);1H2. The maximum absolute atomic E-state index is 10.6. The highest BCUT2D eigenvalue weighted by Crippen LogP contribution is 2.13. The van der Waals surface area contributed by atoms with E-state index in [0.29, 0.717) is 5.56 Å². The highest BCUT2D eigenvalue weighted by Gasteiger charge is 2.02. The molecule has 0 atom stereocenters. The summed E-state index contributed by atoms with van der Waals surface area (Å²) in [6.45, 7) is 0. The first kappa shape index (κ1) is 9.28. The van der Waals surface area contributed by atoms with Gasteiger partial charge in [0.2, 0.25) is 0 Å². The lowest BCUT2D eigenvalue weighted by atomic mass is 10.1. The lowest BCUT2D eigenvalue weighted by Gasteiger charge is -1.93. The summed E-state index contributed by atoms with van der Waals surface area (Å²) in [5.41, 5.74) is 1.28. The number of nitrogens with one attached hydrogen (secondary N) is 1. The molecule has 2 aromatic rings. The van der Waals surface area contributed by atoms with Gasteiger partial charge in [-0.15, -0.1) is 0 Å². The second-order valence-corrected chi connectivity index (χ2v) is 2.58. The summed E-state index contributed by atoms with van der Waals surface area (Å²) in [6, 6.07) is 6.84. The molecule has 0 saturated heterocycles. The van der Waals surface area contributed by atoms with E-state index in [4.69, 9.17) is 5.11 Å². The molecule has 4 N–H and O–H groups in total. The molecule has 0 radical (unpaired) electrons. The van der Waals surface area contributed by atoms with Crippen LogP contribution in [0.5, 0.6) is 0 Å². The van der Waals surface area contributed by atoms with Gasteiger partial charge in [0.15, 0.2) is 0 Å². The van der Waals surface area contributed by atoms with E-state index in [1.165, 1.54) is 0 Å². The van der Waals surface area contributed by atoms with E-state index in [-0.39, 0.29) is 5.48 Å². The third kappa shape index (κ3) is 1.52. The van der Waals surface area contributed by atoms with Gasteiger partial charge in [-0.3, -0.25) is 0 Å². The molecule has 4 heteroatoms. The molecule has 0 saturated carbocycles. The fourth-order valence-corrected chi connectivity index (χ4v) is 1.19. The predicted octanol–water partition coefficient (Wildman–Crippen LogP) is 1.04. The number of H-pyrrole nitrogens is 1. The highest BCUT2D eigenvalue weighted by atomic mass is 16.4. The third-order valence-corrected chi connectivity index (χ3v) is 1.80. The Labute approximate surface area is 74.1 Å². The summed E-state index contributed by atoms with van der Waals surface area (Å²) >= 11 is 0. The predicted molar refractivity (Wildman–Crippen MR) is 48.9 cm³/mol. The van der Waals surface area contributed by atoms with Crippen LogP contribution in [0.25, 0.3) is 10.9 Å². The van der Waals surface area contributed by atoms with Gasteiger partial charge in [-0.25, -0.2) is 4.79 Å². The van der Waals surface area contributed by atoms with Gasteiger partial charge in [0.1, 0.15) is 0 Å². The van der Waals surface area contributed by atoms with E-state index >= 15 is 0 Å². The van der Waals surface area contributed by atoms with Crippen molar-refractivity contribution < 1.29 is 15.4 Å². The SMILES string of the molecule is O.O=C(O)c1ccc2[nH]ccc2c1. The Morgan fingerprint density at radius 2 is 2.08 bits per heavy atom. The maximum atomic E-state index is 10.6. The zero-order valence-electron chi connectivity index (χ0n) is 6.74. The number of aromatic carboxylic acids is 1. The number of hydrogen-bond acceptors (Lipinski definition) is 1. The van der Waals surface area contributed by atoms with Crippen LogP contribution in [0.3, 0.4) is 0 Å². The molecule has 0 amide bonds. The van der Waals surface area contributed by atoms with Crippen LogP contribution in [0.15, 0.2) is 30.5 Å². The Morgan fingerprint density at radius 1 is 1.31 bits per heavy atom. The monoisotopic (exact) mass is 179 g/mol. The van der Waals surface area contributed by atoms with Crippen molar-refractivity contribution in [1.29, 1.82) is 0 Å². The molecule has 0 bridgehead atoms. The normalized spacial score (nSPS) is 9.54. The summed E-state index contributed by atoms with van der Waals surface area (Å²) in [5.74, 6) is -0.891. The maximum Gasteiger partial charge on any atom is 0.335 e. The minimum absolute atomic E-state index is 0. The molecule has 2 rings (SSSR count). The summed E-state index contributed by atoms with van der Waals surface area (Å²) in [5, 5.41) is 9.60. The number of hydrogen-bond donors (Lipinski definition) is 2. The Morgan fingerprint density at radius 3 is 2.77 bits per heavy atom. The Hall–Kier alpha value is -1.81. The van der Waals surface area contributed by atoms with Crippen LogP contribution in [0.4, 0.5) is 0 Å². The van der Waals surface area contributed by atoms with Gasteiger partial charge >= 0.3 is 5.97 Å². The van der Waals surface area contributed by atoms with E-state index in [1.54, 1.807) is 24.4 Å². The molecule has 1 aromatic carbocycles. The first-order chi connectivity index (χ1) is 5.77. The topological polar surface area (TPSA) is 84.6 Å². The van der Waals surface area contributed by atoms with E-state index in [9.17, 15) is 4.79 Å². The number of carboxylic acid groups (broad SMARTS) is 1. The van der Waals surface area contributed by atoms with Crippen molar-refractivity contribution in [3.63, 3.8) is 0 Å². The molecular formula is C9H9NO3. The van der Waals surface area contributed by atoms with Crippen molar-refractivity contribution in [2.75, 3.05) is 0 Å². The van der Waals surface area contributed by atoms with Crippen molar-refractivity contribution in [3.8, 4) is 0 Å². The van der Waals surface area contributed by atoms with Crippen LogP contribution < -0.4 is 0 Å². The smallest absolute Gasteiger partial charge is 0.335 e. The number of fused-ring (bicyclic) bond motifs is 1. The molecule has 0 fully saturated rings. The largest absolute Gasteiger partial charge is 0.478 e. The molecule has 0 aliphatic heterocycles.